The van der Waals surface area contributed by atoms with E-state index in [2.05, 4.69) is 15.0 Å². The van der Waals surface area contributed by atoms with Crippen LogP contribution in [0.15, 0.2) is 4.52 Å². The number of hydrogen-bond donors (Lipinski definition) is 1. The van der Waals surface area contributed by atoms with Crippen LogP contribution >= 0.6 is 0 Å². The molecule has 0 amide bonds. The van der Waals surface area contributed by atoms with E-state index in [0.29, 0.717) is 24.3 Å². The maximum absolute atomic E-state index is 11.2. The number of carboxylic acids is 1. The monoisotopic (exact) mass is 251 g/mol. The molecule has 0 radical (unpaired) electrons. The van der Waals surface area contributed by atoms with Crippen LogP contribution < -0.4 is 0 Å². The Morgan fingerprint density at radius 3 is 3.00 bits per heavy atom. The molecule has 0 spiro atoms. The van der Waals surface area contributed by atoms with Gasteiger partial charge in [-0.3, -0.25) is 9.69 Å². The molecule has 2 aliphatic heterocycles. The molecule has 2 saturated heterocycles. The van der Waals surface area contributed by atoms with Crippen molar-refractivity contribution < 1.29 is 14.4 Å². The zero-order chi connectivity index (χ0) is 12.7. The van der Waals surface area contributed by atoms with Gasteiger partial charge in [0, 0.05) is 18.5 Å². The molecule has 18 heavy (non-hydrogen) atoms. The van der Waals surface area contributed by atoms with Crippen LogP contribution in [0.3, 0.4) is 0 Å². The molecule has 3 rings (SSSR count). The lowest BCUT2D eigenvalue weighted by molar-refractivity contribution is -0.142. The van der Waals surface area contributed by atoms with Gasteiger partial charge in [0.2, 0.25) is 5.89 Å². The second kappa shape index (κ2) is 4.35. The summed E-state index contributed by atoms with van der Waals surface area (Å²) in [5, 5.41) is 13.1. The largest absolute Gasteiger partial charge is 0.481 e. The number of rotatable bonds is 4. The molecule has 98 valence electrons. The van der Waals surface area contributed by atoms with Gasteiger partial charge in [0.15, 0.2) is 5.82 Å². The van der Waals surface area contributed by atoms with Crippen molar-refractivity contribution in [3.8, 4) is 0 Å². The normalized spacial score (nSPS) is 31.1. The minimum Gasteiger partial charge on any atom is -0.481 e. The van der Waals surface area contributed by atoms with Gasteiger partial charge in [-0.05, 0) is 19.3 Å². The zero-order valence-corrected chi connectivity index (χ0v) is 10.4. The van der Waals surface area contributed by atoms with Gasteiger partial charge in [-0.1, -0.05) is 12.1 Å². The first-order valence-electron chi connectivity index (χ1n) is 6.49. The summed E-state index contributed by atoms with van der Waals surface area (Å²) in [5.74, 6) is 0.428. The Kier molecular flexibility index (Phi) is 2.81. The summed E-state index contributed by atoms with van der Waals surface area (Å²) in [4.78, 5) is 17.7. The van der Waals surface area contributed by atoms with Gasteiger partial charge in [0.1, 0.15) is 0 Å². The molecule has 1 N–H and O–H groups in total. The Bertz CT molecular complexity index is 459. The van der Waals surface area contributed by atoms with Crippen molar-refractivity contribution in [2.45, 2.75) is 51.2 Å². The van der Waals surface area contributed by atoms with E-state index in [9.17, 15) is 9.90 Å². The molecule has 6 heteroatoms. The maximum atomic E-state index is 11.2. The van der Waals surface area contributed by atoms with E-state index in [-0.39, 0.29) is 12.0 Å². The van der Waals surface area contributed by atoms with Crippen molar-refractivity contribution in [2.75, 3.05) is 0 Å². The Labute approximate surface area is 105 Å². The summed E-state index contributed by atoms with van der Waals surface area (Å²) in [6, 6.07) is 0.524. The second-order valence-corrected chi connectivity index (χ2v) is 5.11. The SMILES string of the molecule is CCc1nc(CN2C3CCC2C(C(=O)O)C3)no1. The number of aliphatic carboxylic acids is 1. The highest BCUT2D eigenvalue weighted by Gasteiger charge is 2.49. The number of carbonyl (C=O) groups is 1. The number of aromatic nitrogens is 2. The number of hydrogen-bond acceptors (Lipinski definition) is 5. The topological polar surface area (TPSA) is 79.5 Å². The van der Waals surface area contributed by atoms with Gasteiger partial charge >= 0.3 is 5.97 Å². The summed E-state index contributed by atoms with van der Waals surface area (Å²) < 4.78 is 5.09. The first kappa shape index (κ1) is 11.6. The summed E-state index contributed by atoms with van der Waals surface area (Å²) in [5.41, 5.74) is 0. The minimum absolute atomic E-state index is 0.149. The quantitative estimate of drug-likeness (QED) is 0.862. The average molecular weight is 251 g/mol. The number of fused-ring (bicyclic) bond motifs is 2. The molecular formula is C12H17N3O3. The fourth-order valence-corrected chi connectivity index (χ4v) is 3.27. The molecule has 3 atom stereocenters. The van der Waals surface area contributed by atoms with Crippen molar-refractivity contribution in [3.63, 3.8) is 0 Å². The molecule has 1 aromatic rings. The lowest BCUT2D eigenvalue weighted by Crippen LogP contribution is -2.32. The van der Waals surface area contributed by atoms with E-state index in [4.69, 9.17) is 4.52 Å². The molecule has 3 unspecified atom stereocenters. The highest BCUT2D eigenvalue weighted by molar-refractivity contribution is 5.71. The molecule has 0 saturated carbocycles. The van der Waals surface area contributed by atoms with Gasteiger partial charge < -0.3 is 9.63 Å². The summed E-state index contributed by atoms with van der Waals surface area (Å²) in [6.45, 7) is 2.58. The van der Waals surface area contributed by atoms with Crippen LogP contribution in [0.4, 0.5) is 0 Å². The smallest absolute Gasteiger partial charge is 0.308 e. The molecule has 1 aromatic heterocycles. The van der Waals surface area contributed by atoms with Crippen LogP contribution in [0, 0.1) is 5.92 Å². The Morgan fingerprint density at radius 1 is 1.56 bits per heavy atom. The third-order valence-electron chi connectivity index (χ3n) is 4.13. The second-order valence-electron chi connectivity index (χ2n) is 5.11. The highest BCUT2D eigenvalue weighted by Crippen LogP contribution is 2.42. The first-order chi connectivity index (χ1) is 8.69. The maximum Gasteiger partial charge on any atom is 0.308 e. The Balaban J connectivity index is 1.72. The standard InChI is InChI=1S/C12H17N3O3/c1-2-11-13-10(14-18-11)6-15-7-3-4-9(15)8(5-7)12(16)17/h7-9H,2-6H2,1H3,(H,16,17). The first-order valence-corrected chi connectivity index (χ1v) is 6.49. The third-order valence-corrected chi connectivity index (χ3v) is 4.13. The molecule has 2 bridgehead atoms. The van der Waals surface area contributed by atoms with Gasteiger partial charge in [-0.2, -0.15) is 4.98 Å². The van der Waals surface area contributed by atoms with Gasteiger partial charge in [0.05, 0.1) is 12.5 Å². The average Bonchev–Trinajstić information content (AvgIpc) is 3.05. The zero-order valence-electron chi connectivity index (χ0n) is 10.4. The van der Waals surface area contributed by atoms with Crippen LogP contribution in [0.25, 0.3) is 0 Å². The van der Waals surface area contributed by atoms with E-state index >= 15 is 0 Å². The molecular weight excluding hydrogens is 234 g/mol. The van der Waals surface area contributed by atoms with Gasteiger partial charge in [-0.25, -0.2) is 0 Å². The predicted molar refractivity (Wildman–Crippen MR) is 61.8 cm³/mol. The molecule has 0 aliphatic carbocycles. The Hall–Kier alpha value is -1.43. The number of aryl methyl sites for hydroxylation is 1. The van der Waals surface area contributed by atoms with E-state index in [1.165, 1.54) is 0 Å². The molecule has 3 heterocycles. The van der Waals surface area contributed by atoms with Crippen LogP contribution in [0.1, 0.15) is 37.9 Å². The summed E-state index contributed by atoms with van der Waals surface area (Å²) >= 11 is 0. The summed E-state index contributed by atoms with van der Waals surface area (Å²) in [7, 11) is 0. The Morgan fingerprint density at radius 2 is 2.39 bits per heavy atom. The van der Waals surface area contributed by atoms with Crippen LogP contribution in [0.2, 0.25) is 0 Å². The molecule has 2 fully saturated rings. The number of nitrogens with zero attached hydrogens (tertiary/aromatic N) is 3. The third kappa shape index (κ3) is 1.80. The van der Waals surface area contributed by atoms with E-state index in [0.717, 1.165) is 25.7 Å². The van der Waals surface area contributed by atoms with Gasteiger partial charge in [-0.15, -0.1) is 0 Å². The lowest BCUT2D eigenvalue weighted by atomic mass is 9.89. The van der Waals surface area contributed by atoms with Gasteiger partial charge in [0.25, 0.3) is 0 Å². The van der Waals surface area contributed by atoms with Crippen molar-refractivity contribution >= 4 is 5.97 Å². The minimum atomic E-state index is -0.672. The van der Waals surface area contributed by atoms with E-state index in [1.807, 2.05) is 6.92 Å². The predicted octanol–water partition coefficient (Wildman–Crippen LogP) is 1.07. The fourth-order valence-electron chi connectivity index (χ4n) is 3.27. The van der Waals surface area contributed by atoms with E-state index < -0.39 is 5.97 Å². The van der Waals surface area contributed by atoms with Crippen LogP contribution in [-0.4, -0.2) is 38.2 Å². The van der Waals surface area contributed by atoms with Crippen molar-refractivity contribution in [2.24, 2.45) is 5.92 Å². The summed E-state index contributed by atoms with van der Waals surface area (Å²) in [6.07, 6.45) is 3.56. The van der Waals surface area contributed by atoms with Crippen LogP contribution in [0.5, 0.6) is 0 Å². The number of carboxylic acid groups (broad SMARTS) is 1. The lowest BCUT2D eigenvalue weighted by Gasteiger charge is -2.20. The van der Waals surface area contributed by atoms with Crippen LogP contribution in [-0.2, 0) is 17.8 Å². The fraction of sp³-hybridized carbons (Fsp3) is 0.750. The molecule has 6 nitrogen and oxygen atoms in total. The highest BCUT2D eigenvalue weighted by atomic mass is 16.5. The molecule has 2 aliphatic rings. The van der Waals surface area contributed by atoms with Crippen molar-refractivity contribution in [3.05, 3.63) is 11.7 Å². The van der Waals surface area contributed by atoms with E-state index in [1.54, 1.807) is 0 Å². The van der Waals surface area contributed by atoms with Crippen molar-refractivity contribution in [1.29, 1.82) is 0 Å². The molecule has 0 aromatic carbocycles. The van der Waals surface area contributed by atoms with Crippen molar-refractivity contribution in [1.82, 2.24) is 15.0 Å².